The molecule has 1 nitrogen and oxygen atoms in total. The summed E-state index contributed by atoms with van der Waals surface area (Å²) in [6.07, 6.45) is -1.04. The molecule has 1 aromatic rings. The van der Waals surface area contributed by atoms with Crippen molar-refractivity contribution in [1.29, 1.82) is 0 Å². The van der Waals surface area contributed by atoms with Crippen LogP contribution in [-0.4, -0.2) is 4.98 Å². The van der Waals surface area contributed by atoms with Gasteiger partial charge in [0.05, 0.1) is 0 Å². The minimum absolute atomic E-state index is 0.0827. The van der Waals surface area contributed by atoms with Crippen LogP contribution in [0.15, 0.2) is 22.8 Å². The molecule has 1 aromatic heterocycles. The van der Waals surface area contributed by atoms with E-state index in [-0.39, 0.29) is 5.69 Å². The molecule has 0 aliphatic heterocycles. The van der Waals surface area contributed by atoms with Gasteiger partial charge in [-0.15, -0.1) is 0 Å². The Bertz CT molecular complexity index is 318. The van der Waals surface area contributed by atoms with E-state index >= 15 is 0 Å². The minimum atomic E-state index is -2.70. The Morgan fingerprint density at radius 2 is 2.78 bits per heavy atom. The van der Waals surface area contributed by atoms with E-state index in [1.54, 1.807) is 6.07 Å². The van der Waals surface area contributed by atoms with Crippen molar-refractivity contribution in [2.45, 2.75) is 13.2 Å². The normalized spacial score (nSPS) is 20.8. The average molecular weight is 191 g/mol. The van der Waals surface area contributed by atoms with E-state index in [9.17, 15) is 0 Å². The van der Waals surface area contributed by atoms with Crippen molar-refractivity contribution in [3.8, 4) is 0 Å². The molecule has 0 spiro atoms. The number of aryl methyl sites for hydroxylation is 1. The summed E-state index contributed by atoms with van der Waals surface area (Å²) in [5.41, 5.74) is -0.0827. The maximum atomic E-state index is 7.42. The molecule has 0 N–H and O–H groups in total. The Hall–Kier alpha value is -0.370. The van der Waals surface area contributed by atoms with Crippen molar-refractivity contribution in [2.24, 2.45) is 0 Å². The second kappa shape index (κ2) is 2.97. The molecule has 0 unspecified atom stereocenters. The molecule has 0 aromatic carbocycles. The fourth-order valence-corrected chi connectivity index (χ4v) is 0.684. The molecular formula is C7H8BrN. The number of halogens is 1. The first-order chi connectivity index (χ1) is 6.25. The van der Waals surface area contributed by atoms with Gasteiger partial charge in [-0.1, -0.05) is 6.85 Å². The fourth-order valence-electron chi connectivity index (χ4n) is 0.450. The fraction of sp³-hybridized carbons (Fsp3) is 0.286. The molecule has 0 amide bonds. The van der Waals surface area contributed by atoms with Crippen molar-refractivity contribution >= 4 is 15.9 Å². The van der Waals surface area contributed by atoms with Crippen molar-refractivity contribution < 1.29 is 6.85 Å². The zero-order valence-electron chi connectivity index (χ0n) is 9.56. The number of rotatable bonds is 1. The van der Waals surface area contributed by atoms with Crippen LogP contribution < -0.4 is 0 Å². The van der Waals surface area contributed by atoms with Crippen LogP contribution in [0.1, 0.15) is 19.4 Å². The first-order valence-corrected chi connectivity index (χ1v) is 3.16. The van der Waals surface area contributed by atoms with Crippen LogP contribution in [0, 0.1) is 0 Å². The van der Waals surface area contributed by atoms with Crippen LogP contribution in [0.3, 0.4) is 0 Å². The van der Waals surface area contributed by atoms with Crippen molar-refractivity contribution in [3.63, 3.8) is 0 Å². The molecule has 0 saturated carbocycles. The SMILES string of the molecule is [2H]C([2H])([2H])C([2H])([2H])c1ccc(Br)cn1. The van der Waals surface area contributed by atoms with Gasteiger partial charge >= 0.3 is 0 Å². The Morgan fingerprint density at radius 1 is 1.89 bits per heavy atom. The maximum absolute atomic E-state index is 7.42. The minimum Gasteiger partial charge on any atom is -0.260 e. The Morgan fingerprint density at radius 3 is 3.33 bits per heavy atom. The van der Waals surface area contributed by atoms with E-state index in [4.69, 9.17) is 6.85 Å². The van der Waals surface area contributed by atoms with Gasteiger partial charge in [-0.3, -0.25) is 4.98 Å². The van der Waals surface area contributed by atoms with Gasteiger partial charge in [-0.2, -0.15) is 0 Å². The molecule has 2 heteroatoms. The second-order valence-corrected chi connectivity index (χ2v) is 2.40. The van der Waals surface area contributed by atoms with Gasteiger partial charge in [0.15, 0.2) is 0 Å². The van der Waals surface area contributed by atoms with Crippen molar-refractivity contribution in [3.05, 3.63) is 28.5 Å². The summed E-state index contributed by atoms with van der Waals surface area (Å²) in [6.45, 7) is -2.70. The molecule has 48 valence electrons. The van der Waals surface area contributed by atoms with Crippen LogP contribution in [0.2, 0.25) is 0 Å². The lowest BCUT2D eigenvalue weighted by Gasteiger charge is -1.92. The molecule has 0 saturated heterocycles. The van der Waals surface area contributed by atoms with E-state index in [0.717, 1.165) is 0 Å². The van der Waals surface area contributed by atoms with Crippen molar-refractivity contribution in [2.75, 3.05) is 0 Å². The molecule has 0 bridgehead atoms. The number of aromatic nitrogens is 1. The molecule has 0 aliphatic rings. The lowest BCUT2D eigenvalue weighted by Crippen LogP contribution is -1.83. The quantitative estimate of drug-likeness (QED) is 0.664. The third-order valence-corrected chi connectivity index (χ3v) is 1.32. The second-order valence-electron chi connectivity index (χ2n) is 1.49. The molecule has 9 heavy (non-hydrogen) atoms. The van der Waals surface area contributed by atoms with E-state index < -0.39 is 13.2 Å². The topological polar surface area (TPSA) is 12.9 Å². The molecule has 0 fully saturated rings. The van der Waals surface area contributed by atoms with Crippen LogP contribution in [0.25, 0.3) is 0 Å². The Kier molecular flexibility index (Phi) is 0.892. The van der Waals surface area contributed by atoms with Gasteiger partial charge in [0.2, 0.25) is 0 Å². The van der Waals surface area contributed by atoms with Gasteiger partial charge in [-0.05, 0) is 34.4 Å². The third-order valence-electron chi connectivity index (χ3n) is 0.855. The molecule has 0 aliphatic carbocycles. The largest absolute Gasteiger partial charge is 0.260 e. The number of nitrogens with zero attached hydrogens (tertiary/aromatic N) is 1. The van der Waals surface area contributed by atoms with Crippen LogP contribution in [0.5, 0.6) is 0 Å². The molecule has 1 heterocycles. The molecule has 1 rings (SSSR count). The Labute approximate surface area is 70.3 Å². The highest BCUT2D eigenvalue weighted by Gasteiger charge is 1.87. The van der Waals surface area contributed by atoms with Crippen LogP contribution >= 0.6 is 15.9 Å². The monoisotopic (exact) mass is 190 g/mol. The smallest absolute Gasteiger partial charge is 0.0413 e. The summed E-state index contributed by atoms with van der Waals surface area (Å²) < 4.78 is 36.6. The Balaban J connectivity index is 3.10. The van der Waals surface area contributed by atoms with E-state index in [1.807, 2.05) is 0 Å². The van der Waals surface area contributed by atoms with Crippen LogP contribution in [-0.2, 0) is 6.37 Å². The maximum Gasteiger partial charge on any atom is 0.0413 e. The number of pyridine rings is 1. The molecule has 0 radical (unpaired) electrons. The highest BCUT2D eigenvalue weighted by molar-refractivity contribution is 9.10. The zero-order valence-corrected chi connectivity index (χ0v) is 6.14. The van der Waals surface area contributed by atoms with Gasteiger partial charge in [0.25, 0.3) is 0 Å². The molecular weight excluding hydrogens is 178 g/mol. The number of hydrogen-bond acceptors (Lipinski definition) is 1. The van der Waals surface area contributed by atoms with Gasteiger partial charge in [0.1, 0.15) is 0 Å². The first-order valence-electron chi connectivity index (χ1n) is 4.87. The lowest BCUT2D eigenvalue weighted by molar-refractivity contribution is 1.03. The highest BCUT2D eigenvalue weighted by Crippen LogP contribution is 2.06. The van der Waals surface area contributed by atoms with E-state index in [1.165, 1.54) is 12.3 Å². The van der Waals surface area contributed by atoms with Crippen LogP contribution in [0.4, 0.5) is 0 Å². The predicted octanol–water partition coefficient (Wildman–Crippen LogP) is 2.41. The van der Waals surface area contributed by atoms with E-state index in [2.05, 4.69) is 20.9 Å². The standard InChI is InChI=1S/C7H8BrN/c1-2-7-4-3-6(8)5-9-7/h3-5H,2H2,1H3/i1D3,2D2. The summed E-state index contributed by atoms with van der Waals surface area (Å²) in [6, 6.07) is 2.92. The van der Waals surface area contributed by atoms with Gasteiger partial charge in [-0.25, -0.2) is 0 Å². The third kappa shape index (κ3) is 1.79. The highest BCUT2D eigenvalue weighted by atomic mass is 79.9. The number of hydrogen-bond donors (Lipinski definition) is 0. The average Bonchev–Trinajstić information content (AvgIpc) is 2.03. The summed E-state index contributed by atoms with van der Waals surface area (Å²) in [5, 5.41) is 0. The van der Waals surface area contributed by atoms with Gasteiger partial charge < -0.3 is 0 Å². The zero-order chi connectivity index (χ0) is 11.0. The molecule has 0 atom stereocenters. The van der Waals surface area contributed by atoms with Gasteiger partial charge in [0, 0.05) is 23.2 Å². The van der Waals surface area contributed by atoms with Crippen molar-refractivity contribution in [1.82, 2.24) is 4.98 Å². The lowest BCUT2D eigenvalue weighted by atomic mass is 10.3. The first kappa shape index (κ1) is 2.70. The summed E-state index contributed by atoms with van der Waals surface area (Å²) in [4.78, 5) is 3.73. The predicted molar refractivity (Wildman–Crippen MR) is 41.3 cm³/mol. The van der Waals surface area contributed by atoms with E-state index in [0.29, 0.717) is 4.47 Å². The summed E-state index contributed by atoms with van der Waals surface area (Å²) in [5.74, 6) is 0. The summed E-state index contributed by atoms with van der Waals surface area (Å²) >= 11 is 3.14. The summed E-state index contributed by atoms with van der Waals surface area (Å²) in [7, 11) is 0.